The standard InChI is InChI=1S/C24H37N9O5/c1-4-14(5-2)27-20-16-21(30-24(29-20)25-7-8-32-9-11-36-12-10-32)33(13-26-16)23-18(35)17(34)19(37-23)22-28-15(6-3)31-38-22/h13-14,17-19,23,34-35H,4-12H2,1-3H3,(H2,25,27,29,30)/t17-,18+,19-,23+/m0/s1. The van der Waals surface area contributed by atoms with Crippen LogP contribution in [-0.4, -0.2) is 102 Å². The Morgan fingerprint density at radius 2 is 1.87 bits per heavy atom. The van der Waals surface area contributed by atoms with Gasteiger partial charge in [0, 0.05) is 38.6 Å². The summed E-state index contributed by atoms with van der Waals surface area (Å²) in [5, 5.41) is 32.4. The van der Waals surface area contributed by atoms with Crippen LogP contribution in [0.1, 0.15) is 57.7 Å². The molecule has 3 aromatic heterocycles. The molecule has 0 amide bonds. The number of anilines is 2. The third-order valence-electron chi connectivity index (χ3n) is 7.12. The normalized spacial score (nSPS) is 24.5. The first-order chi connectivity index (χ1) is 18.5. The second-order valence-corrected chi connectivity index (χ2v) is 9.59. The van der Waals surface area contributed by atoms with Crippen LogP contribution in [0.2, 0.25) is 0 Å². The first kappa shape index (κ1) is 26.7. The fourth-order valence-electron chi connectivity index (χ4n) is 4.74. The van der Waals surface area contributed by atoms with E-state index in [4.69, 9.17) is 24.0 Å². The summed E-state index contributed by atoms with van der Waals surface area (Å²) >= 11 is 0. The quantitative estimate of drug-likeness (QED) is 0.278. The maximum atomic E-state index is 10.9. The lowest BCUT2D eigenvalue weighted by Gasteiger charge is -2.26. The van der Waals surface area contributed by atoms with Crippen molar-refractivity contribution in [2.24, 2.45) is 0 Å². The number of imidazole rings is 1. The number of fused-ring (bicyclic) bond motifs is 1. The number of ether oxygens (including phenoxy) is 2. The van der Waals surface area contributed by atoms with Gasteiger partial charge in [-0.2, -0.15) is 15.0 Å². The predicted molar refractivity (Wildman–Crippen MR) is 138 cm³/mol. The molecule has 0 saturated carbocycles. The van der Waals surface area contributed by atoms with E-state index in [1.165, 1.54) is 0 Å². The summed E-state index contributed by atoms with van der Waals surface area (Å²) in [6.45, 7) is 10.9. The van der Waals surface area contributed by atoms with Gasteiger partial charge in [0.25, 0.3) is 5.89 Å². The fourth-order valence-corrected chi connectivity index (χ4v) is 4.74. The Balaban J connectivity index is 1.42. The molecule has 3 aromatic rings. The highest BCUT2D eigenvalue weighted by Crippen LogP contribution is 2.39. The smallest absolute Gasteiger partial charge is 0.258 e. The molecule has 4 N–H and O–H groups in total. The Bertz CT molecular complexity index is 1190. The van der Waals surface area contributed by atoms with Crippen molar-refractivity contribution in [1.29, 1.82) is 0 Å². The zero-order chi connectivity index (χ0) is 26.6. The highest BCUT2D eigenvalue weighted by molar-refractivity contribution is 5.84. The molecule has 208 valence electrons. The predicted octanol–water partition coefficient (Wildman–Crippen LogP) is 1.11. The number of hydrogen-bond donors (Lipinski definition) is 4. The lowest BCUT2D eigenvalue weighted by Crippen LogP contribution is -2.39. The number of rotatable bonds is 11. The van der Waals surface area contributed by atoms with E-state index in [-0.39, 0.29) is 11.9 Å². The molecule has 14 nitrogen and oxygen atoms in total. The topological polar surface area (TPSA) is 169 Å². The summed E-state index contributed by atoms with van der Waals surface area (Å²) in [5.41, 5.74) is 1.02. The first-order valence-electron chi connectivity index (χ1n) is 13.4. The van der Waals surface area contributed by atoms with Gasteiger partial charge in [-0.15, -0.1) is 0 Å². The average molecular weight is 532 g/mol. The van der Waals surface area contributed by atoms with Crippen LogP contribution in [0.25, 0.3) is 11.2 Å². The van der Waals surface area contributed by atoms with Crippen LogP contribution >= 0.6 is 0 Å². The van der Waals surface area contributed by atoms with Crippen molar-refractivity contribution in [3.63, 3.8) is 0 Å². The molecule has 38 heavy (non-hydrogen) atoms. The molecule has 2 aliphatic rings. The molecule has 0 aromatic carbocycles. The Kier molecular flexibility index (Phi) is 8.33. The maximum Gasteiger partial charge on any atom is 0.258 e. The van der Waals surface area contributed by atoms with Gasteiger partial charge in [-0.1, -0.05) is 25.9 Å². The van der Waals surface area contributed by atoms with Crippen LogP contribution in [-0.2, 0) is 15.9 Å². The molecule has 0 bridgehead atoms. The second-order valence-electron chi connectivity index (χ2n) is 9.59. The van der Waals surface area contributed by atoms with E-state index in [0.29, 0.717) is 41.7 Å². The molecular weight excluding hydrogens is 494 g/mol. The van der Waals surface area contributed by atoms with E-state index in [9.17, 15) is 10.2 Å². The summed E-state index contributed by atoms with van der Waals surface area (Å²) in [4.78, 5) is 20.6. The number of nitrogens with one attached hydrogen (secondary N) is 2. The van der Waals surface area contributed by atoms with Gasteiger partial charge in [-0.05, 0) is 12.8 Å². The Hall–Kier alpha value is -2.91. The summed E-state index contributed by atoms with van der Waals surface area (Å²) in [6, 6.07) is 0.212. The highest BCUT2D eigenvalue weighted by atomic mass is 16.6. The van der Waals surface area contributed by atoms with Crippen molar-refractivity contribution in [2.45, 2.75) is 70.6 Å². The number of nitrogens with zero attached hydrogens (tertiary/aromatic N) is 7. The molecule has 2 fully saturated rings. The largest absolute Gasteiger partial charge is 0.387 e. The average Bonchev–Trinajstić information content (AvgIpc) is 3.66. The second kappa shape index (κ2) is 11.9. The zero-order valence-corrected chi connectivity index (χ0v) is 22.1. The molecule has 2 saturated heterocycles. The molecule has 5 heterocycles. The number of aliphatic hydroxyl groups is 2. The molecule has 4 atom stereocenters. The van der Waals surface area contributed by atoms with Gasteiger partial charge in [0.15, 0.2) is 35.1 Å². The third-order valence-corrected chi connectivity index (χ3v) is 7.12. The fraction of sp³-hybridized carbons (Fsp3) is 0.708. The van der Waals surface area contributed by atoms with Crippen molar-refractivity contribution in [1.82, 2.24) is 34.6 Å². The van der Waals surface area contributed by atoms with Gasteiger partial charge in [0.2, 0.25) is 5.95 Å². The van der Waals surface area contributed by atoms with Gasteiger partial charge in [0.1, 0.15) is 12.2 Å². The van der Waals surface area contributed by atoms with E-state index in [0.717, 1.165) is 45.7 Å². The minimum absolute atomic E-state index is 0.122. The van der Waals surface area contributed by atoms with Gasteiger partial charge >= 0.3 is 0 Å². The van der Waals surface area contributed by atoms with Crippen molar-refractivity contribution < 1.29 is 24.2 Å². The first-order valence-corrected chi connectivity index (χ1v) is 13.4. The maximum absolute atomic E-state index is 10.9. The Labute approximate surface area is 220 Å². The number of aromatic nitrogens is 6. The van der Waals surface area contributed by atoms with E-state index < -0.39 is 24.5 Å². The van der Waals surface area contributed by atoms with Crippen LogP contribution < -0.4 is 10.6 Å². The SMILES string of the molecule is CCc1noc([C@H]2O[C@@H](n3cnc4c(NC(CC)CC)nc(NCCN5CCOCC5)nc43)[C@H](O)[C@@H]2O)n1. The van der Waals surface area contributed by atoms with Crippen molar-refractivity contribution in [2.75, 3.05) is 50.0 Å². The lowest BCUT2D eigenvalue weighted by atomic mass is 10.1. The summed E-state index contributed by atoms with van der Waals surface area (Å²) in [6.07, 6.45) is -0.507. The summed E-state index contributed by atoms with van der Waals surface area (Å²) in [7, 11) is 0. The highest BCUT2D eigenvalue weighted by Gasteiger charge is 2.47. The number of aryl methyl sites for hydroxylation is 1. The van der Waals surface area contributed by atoms with Crippen LogP contribution in [0, 0.1) is 0 Å². The molecule has 2 aliphatic heterocycles. The van der Waals surface area contributed by atoms with Crippen molar-refractivity contribution in [3.8, 4) is 0 Å². The van der Waals surface area contributed by atoms with E-state index in [1.807, 2.05) is 6.92 Å². The minimum Gasteiger partial charge on any atom is -0.387 e. The van der Waals surface area contributed by atoms with E-state index >= 15 is 0 Å². The van der Waals surface area contributed by atoms with Gasteiger partial charge in [-0.25, -0.2) is 4.98 Å². The molecule has 0 radical (unpaired) electrons. The number of aliphatic hydroxyl groups excluding tert-OH is 2. The molecule has 0 spiro atoms. The lowest BCUT2D eigenvalue weighted by molar-refractivity contribution is -0.0451. The van der Waals surface area contributed by atoms with E-state index in [2.05, 4.69) is 44.5 Å². The minimum atomic E-state index is -1.27. The third kappa shape index (κ3) is 5.45. The molecule has 0 aliphatic carbocycles. The van der Waals surface area contributed by atoms with Crippen LogP contribution in [0.4, 0.5) is 11.8 Å². The monoisotopic (exact) mass is 531 g/mol. The van der Waals surface area contributed by atoms with E-state index in [1.54, 1.807) is 10.9 Å². The van der Waals surface area contributed by atoms with Gasteiger partial charge in [-0.3, -0.25) is 9.47 Å². The van der Waals surface area contributed by atoms with Crippen LogP contribution in [0.3, 0.4) is 0 Å². The molecule has 0 unspecified atom stereocenters. The summed E-state index contributed by atoms with van der Waals surface area (Å²) < 4.78 is 18.4. The molecule has 14 heteroatoms. The van der Waals surface area contributed by atoms with Gasteiger partial charge < -0.3 is 34.8 Å². The Morgan fingerprint density at radius 3 is 2.58 bits per heavy atom. The van der Waals surface area contributed by atoms with Crippen molar-refractivity contribution >= 4 is 22.9 Å². The number of hydrogen-bond acceptors (Lipinski definition) is 13. The molecule has 5 rings (SSSR count). The summed E-state index contributed by atoms with van der Waals surface area (Å²) in [5.74, 6) is 1.66. The zero-order valence-electron chi connectivity index (χ0n) is 22.1. The van der Waals surface area contributed by atoms with Crippen LogP contribution in [0.15, 0.2) is 10.9 Å². The van der Waals surface area contributed by atoms with Crippen molar-refractivity contribution in [3.05, 3.63) is 18.0 Å². The number of morpholine rings is 1. The van der Waals surface area contributed by atoms with Crippen LogP contribution in [0.5, 0.6) is 0 Å². The van der Waals surface area contributed by atoms with Gasteiger partial charge in [0.05, 0.1) is 19.5 Å². The Morgan fingerprint density at radius 1 is 1.08 bits per heavy atom. The molecular formula is C24H37N9O5.